The van der Waals surface area contributed by atoms with E-state index in [1.807, 2.05) is 4.57 Å². The fraction of sp³-hybridized carbons (Fsp3) is 0.615. The van der Waals surface area contributed by atoms with Gasteiger partial charge in [0, 0.05) is 12.1 Å². The topological polar surface area (TPSA) is 81.7 Å². The third kappa shape index (κ3) is 3.64. The van der Waals surface area contributed by atoms with Crippen LogP contribution >= 0.6 is 0 Å². The molecule has 0 bridgehead atoms. The second-order valence-electron chi connectivity index (χ2n) is 5.75. The molecule has 0 aliphatic carbocycles. The number of nitrogens with zero attached hydrogens (tertiary/aromatic N) is 4. The van der Waals surface area contributed by atoms with E-state index in [0.29, 0.717) is 11.3 Å². The maximum atomic E-state index is 5.76. The molecule has 19 heavy (non-hydrogen) atoms. The summed E-state index contributed by atoms with van der Waals surface area (Å²) in [5.41, 5.74) is 7.45. The van der Waals surface area contributed by atoms with E-state index < -0.39 is 0 Å². The van der Waals surface area contributed by atoms with E-state index in [4.69, 9.17) is 5.73 Å². The number of unbranched alkanes of at least 4 members (excludes halogenated alkanes) is 1. The Balaban J connectivity index is 1.87. The molecule has 0 aromatic carbocycles. The van der Waals surface area contributed by atoms with Crippen LogP contribution in [0.4, 0.5) is 5.82 Å². The summed E-state index contributed by atoms with van der Waals surface area (Å²) in [6.07, 6.45) is 5.47. The van der Waals surface area contributed by atoms with Crippen LogP contribution in [0.5, 0.6) is 0 Å². The molecule has 0 aliphatic rings. The van der Waals surface area contributed by atoms with Gasteiger partial charge in [0.15, 0.2) is 11.5 Å². The summed E-state index contributed by atoms with van der Waals surface area (Å²) < 4.78 is 2.03. The van der Waals surface area contributed by atoms with Crippen molar-refractivity contribution in [1.82, 2.24) is 24.8 Å². The van der Waals surface area contributed by atoms with Crippen molar-refractivity contribution in [1.29, 1.82) is 0 Å². The molecule has 2 aromatic rings. The van der Waals surface area contributed by atoms with Crippen LogP contribution in [0.3, 0.4) is 0 Å². The van der Waals surface area contributed by atoms with Gasteiger partial charge in [0.25, 0.3) is 0 Å². The Morgan fingerprint density at radius 2 is 2.00 bits per heavy atom. The van der Waals surface area contributed by atoms with Crippen molar-refractivity contribution >= 4 is 17.0 Å². The molecule has 6 nitrogen and oxygen atoms in total. The highest BCUT2D eigenvalue weighted by Gasteiger charge is 2.09. The molecule has 0 saturated heterocycles. The Labute approximate surface area is 113 Å². The fourth-order valence-electron chi connectivity index (χ4n) is 1.93. The van der Waals surface area contributed by atoms with Gasteiger partial charge in [0.05, 0.1) is 6.33 Å². The predicted molar refractivity (Wildman–Crippen MR) is 76.7 cm³/mol. The van der Waals surface area contributed by atoms with Crippen molar-refractivity contribution < 1.29 is 0 Å². The van der Waals surface area contributed by atoms with Crippen molar-refractivity contribution in [3.8, 4) is 0 Å². The molecule has 0 fully saturated rings. The van der Waals surface area contributed by atoms with E-state index >= 15 is 0 Å². The summed E-state index contributed by atoms with van der Waals surface area (Å²) in [6.45, 7) is 8.45. The van der Waals surface area contributed by atoms with Gasteiger partial charge in [-0.05, 0) is 40.2 Å². The van der Waals surface area contributed by atoms with Crippen molar-refractivity contribution in [2.45, 2.75) is 45.7 Å². The van der Waals surface area contributed by atoms with Gasteiger partial charge in [-0.2, -0.15) is 0 Å². The number of rotatable bonds is 5. The third-order valence-corrected chi connectivity index (χ3v) is 2.91. The molecule has 2 rings (SSSR count). The van der Waals surface area contributed by atoms with E-state index in [1.165, 1.54) is 6.33 Å². The number of nitrogen functional groups attached to an aromatic ring is 1. The molecule has 104 valence electrons. The monoisotopic (exact) mass is 262 g/mol. The van der Waals surface area contributed by atoms with Crippen molar-refractivity contribution in [2.24, 2.45) is 0 Å². The first-order chi connectivity index (χ1) is 8.97. The highest BCUT2D eigenvalue weighted by atomic mass is 15.1. The lowest BCUT2D eigenvalue weighted by atomic mass is 10.1. The zero-order chi connectivity index (χ0) is 13.9. The third-order valence-electron chi connectivity index (χ3n) is 2.91. The van der Waals surface area contributed by atoms with Crippen LogP contribution in [-0.2, 0) is 6.54 Å². The largest absolute Gasteiger partial charge is 0.382 e. The number of aromatic nitrogens is 4. The minimum atomic E-state index is 0.184. The van der Waals surface area contributed by atoms with Crippen LogP contribution in [0.2, 0.25) is 0 Å². The van der Waals surface area contributed by atoms with Crippen LogP contribution in [0.25, 0.3) is 11.2 Å². The van der Waals surface area contributed by atoms with E-state index in [-0.39, 0.29) is 5.54 Å². The van der Waals surface area contributed by atoms with E-state index in [2.05, 4.69) is 41.0 Å². The summed E-state index contributed by atoms with van der Waals surface area (Å²) in [5.74, 6) is 0.443. The second kappa shape index (κ2) is 5.52. The molecule has 0 radical (unpaired) electrons. The summed E-state index contributed by atoms with van der Waals surface area (Å²) in [6, 6.07) is 0. The fourth-order valence-corrected chi connectivity index (χ4v) is 1.93. The molecular weight excluding hydrogens is 240 g/mol. The lowest BCUT2D eigenvalue weighted by Crippen LogP contribution is -2.36. The van der Waals surface area contributed by atoms with Crippen molar-refractivity contribution in [3.05, 3.63) is 12.7 Å². The van der Waals surface area contributed by atoms with Gasteiger partial charge in [0.2, 0.25) is 0 Å². The predicted octanol–water partition coefficient (Wildman–Crippen LogP) is 1.58. The molecule has 0 spiro atoms. The maximum Gasteiger partial charge on any atom is 0.165 e. The molecule has 0 saturated carbocycles. The summed E-state index contributed by atoms with van der Waals surface area (Å²) in [4.78, 5) is 12.4. The van der Waals surface area contributed by atoms with Crippen molar-refractivity contribution in [2.75, 3.05) is 12.3 Å². The van der Waals surface area contributed by atoms with Crippen LogP contribution in [-0.4, -0.2) is 31.6 Å². The van der Waals surface area contributed by atoms with Gasteiger partial charge in [-0.25, -0.2) is 15.0 Å². The average Bonchev–Trinajstić information content (AvgIpc) is 2.72. The highest BCUT2D eigenvalue weighted by Crippen LogP contribution is 2.14. The first-order valence-corrected chi connectivity index (χ1v) is 6.64. The van der Waals surface area contributed by atoms with Gasteiger partial charge in [-0.1, -0.05) is 0 Å². The molecule has 0 atom stereocenters. The zero-order valence-corrected chi connectivity index (χ0v) is 11.8. The van der Waals surface area contributed by atoms with Gasteiger partial charge in [-0.15, -0.1) is 0 Å². The molecular formula is C13H22N6. The smallest absolute Gasteiger partial charge is 0.165 e. The zero-order valence-electron chi connectivity index (χ0n) is 11.8. The minimum absolute atomic E-state index is 0.184. The summed E-state index contributed by atoms with van der Waals surface area (Å²) in [5, 5.41) is 3.48. The van der Waals surface area contributed by atoms with Crippen LogP contribution in [0.1, 0.15) is 33.6 Å². The van der Waals surface area contributed by atoms with Crippen LogP contribution < -0.4 is 11.1 Å². The number of imidazole rings is 1. The number of hydrogen-bond donors (Lipinski definition) is 2. The number of nitrogens with one attached hydrogen (secondary N) is 1. The van der Waals surface area contributed by atoms with Gasteiger partial charge in [-0.3, -0.25) is 0 Å². The number of anilines is 1. The lowest BCUT2D eigenvalue weighted by Gasteiger charge is -2.20. The Bertz CT molecular complexity index is 540. The summed E-state index contributed by atoms with van der Waals surface area (Å²) in [7, 11) is 0. The molecule has 6 heteroatoms. The summed E-state index contributed by atoms with van der Waals surface area (Å²) >= 11 is 0. The van der Waals surface area contributed by atoms with E-state index in [9.17, 15) is 0 Å². The van der Waals surface area contributed by atoms with E-state index in [1.54, 1.807) is 6.33 Å². The standard InChI is InChI=1S/C13H22N6/c1-13(2,3)18-6-4-5-7-19-9-17-10-11(14)15-8-16-12(10)19/h8-9,18H,4-7H2,1-3H3,(H2,14,15,16). The van der Waals surface area contributed by atoms with Gasteiger partial charge >= 0.3 is 0 Å². The minimum Gasteiger partial charge on any atom is -0.382 e. The van der Waals surface area contributed by atoms with Crippen LogP contribution in [0, 0.1) is 0 Å². The van der Waals surface area contributed by atoms with E-state index in [0.717, 1.165) is 31.6 Å². The molecule has 3 N–H and O–H groups in total. The Morgan fingerprint density at radius 1 is 1.21 bits per heavy atom. The normalized spacial score (nSPS) is 12.2. The number of hydrogen-bond acceptors (Lipinski definition) is 5. The number of aryl methyl sites for hydroxylation is 1. The quantitative estimate of drug-likeness (QED) is 0.799. The molecule has 0 amide bonds. The second-order valence-corrected chi connectivity index (χ2v) is 5.75. The number of nitrogens with two attached hydrogens (primary N) is 1. The van der Waals surface area contributed by atoms with Crippen molar-refractivity contribution in [3.63, 3.8) is 0 Å². The molecule has 2 aromatic heterocycles. The molecule has 2 heterocycles. The number of fused-ring (bicyclic) bond motifs is 1. The Hall–Kier alpha value is -1.69. The average molecular weight is 262 g/mol. The lowest BCUT2D eigenvalue weighted by molar-refractivity contribution is 0.414. The SMILES string of the molecule is CC(C)(C)NCCCCn1cnc2c(N)ncnc21. The first-order valence-electron chi connectivity index (χ1n) is 6.64. The Kier molecular flexibility index (Phi) is 3.99. The maximum absolute atomic E-state index is 5.76. The first kappa shape index (κ1) is 13.7. The van der Waals surface area contributed by atoms with Gasteiger partial charge < -0.3 is 15.6 Å². The van der Waals surface area contributed by atoms with Crippen LogP contribution in [0.15, 0.2) is 12.7 Å². The van der Waals surface area contributed by atoms with Gasteiger partial charge in [0.1, 0.15) is 11.8 Å². The molecule has 0 aliphatic heterocycles. The molecule has 0 unspecified atom stereocenters. The highest BCUT2D eigenvalue weighted by molar-refractivity contribution is 5.80. The Morgan fingerprint density at radius 3 is 2.74 bits per heavy atom.